The summed E-state index contributed by atoms with van der Waals surface area (Å²) in [5.41, 5.74) is 3.60. The van der Waals surface area contributed by atoms with Gasteiger partial charge in [0.25, 0.3) is 0 Å². The van der Waals surface area contributed by atoms with E-state index in [1.807, 2.05) is 13.0 Å². The van der Waals surface area contributed by atoms with Crippen molar-refractivity contribution in [2.45, 2.75) is 58.0 Å². The van der Waals surface area contributed by atoms with Gasteiger partial charge in [0.15, 0.2) is 0 Å². The molecule has 0 radical (unpaired) electrons. The number of nitrogens with one attached hydrogen (secondary N) is 1. The molecule has 5 heteroatoms. The molecular formula is C15H25N5. The number of nitrogens with zero attached hydrogens (tertiary/aromatic N) is 3. The van der Waals surface area contributed by atoms with E-state index in [0.29, 0.717) is 5.82 Å². The molecule has 0 bridgehead atoms. The molecule has 1 saturated heterocycles. The molecule has 3 rings (SSSR count). The van der Waals surface area contributed by atoms with E-state index in [0.717, 1.165) is 30.0 Å². The minimum absolute atomic E-state index is 0.713. The quantitative estimate of drug-likeness (QED) is 0.654. The zero-order chi connectivity index (χ0) is 13.9. The van der Waals surface area contributed by atoms with E-state index in [9.17, 15) is 0 Å². The summed E-state index contributed by atoms with van der Waals surface area (Å²) in [4.78, 5) is 11.7. The van der Waals surface area contributed by atoms with E-state index in [-0.39, 0.29) is 0 Å². The zero-order valence-electron chi connectivity index (χ0n) is 12.3. The molecule has 1 aromatic rings. The Morgan fingerprint density at radius 3 is 2.90 bits per heavy atom. The number of likely N-dealkylation sites (tertiary alicyclic amines) is 1. The molecule has 2 atom stereocenters. The highest BCUT2D eigenvalue weighted by molar-refractivity contribution is 5.33. The third-order valence-electron chi connectivity index (χ3n) is 4.75. The molecule has 20 heavy (non-hydrogen) atoms. The Morgan fingerprint density at radius 1 is 1.25 bits per heavy atom. The summed E-state index contributed by atoms with van der Waals surface area (Å²) in [6.07, 6.45) is 8.27. The number of nitrogens with two attached hydrogens (primary N) is 1. The minimum Gasteiger partial charge on any atom is -0.308 e. The van der Waals surface area contributed by atoms with Crippen LogP contribution in [0.1, 0.15) is 50.0 Å². The first kappa shape index (κ1) is 13.8. The van der Waals surface area contributed by atoms with E-state index >= 15 is 0 Å². The molecule has 1 aliphatic heterocycles. The number of nitrogen functional groups attached to an aromatic ring is 1. The monoisotopic (exact) mass is 275 g/mol. The average Bonchev–Trinajstić information content (AvgIpc) is 2.47. The number of aromatic nitrogens is 2. The smallest absolute Gasteiger partial charge is 0.145 e. The number of aryl methyl sites for hydroxylation is 1. The van der Waals surface area contributed by atoms with Crippen LogP contribution in [0.15, 0.2) is 6.07 Å². The van der Waals surface area contributed by atoms with Crippen LogP contribution in [0.3, 0.4) is 0 Å². The molecule has 2 aliphatic rings. The molecule has 1 aliphatic carbocycles. The fourth-order valence-electron chi connectivity index (χ4n) is 3.88. The highest BCUT2D eigenvalue weighted by Crippen LogP contribution is 2.35. The molecule has 5 nitrogen and oxygen atoms in total. The summed E-state index contributed by atoms with van der Waals surface area (Å²) in [6, 6.07) is 2.62. The van der Waals surface area contributed by atoms with E-state index in [1.165, 1.54) is 45.1 Å². The largest absolute Gasteiger partial charge is 0.308 e. The van der Waals surface area contributed by atoms with Gasteiger partial charge < -0.3 is 5.43 Å². The predicted octanol–water partition coefficient (Wildman–Crippen LogP) is 2.23. The van der Waals surface area contributed by atoms with Crippen LogP contribution >= 0.6 is 0 Å². The van der Waals surface area contributed by atoms with E-state index < -0.39 is 0 Å². The maximum atomic E-state index is 5.47. The van der Waals surface area contributed by atoms with Crippen molar-refractivity contribution in [2.24, 2.45) is 11.8 Å². The number of hydrazine groups is 1. The molecule has 0 aromatic carbocycles. The fourth-order valence-corrected chi connectivity index (χ4v) is 3.88. The first-order valence-corrected chi connectivity index (χ1v) is 7.81. The van der Waals surface area contributed by atoms with Crippen molar-refractivity contribution in [3.8, 4) is 0 Å². The van der Waals surface area contributed by atoms with Gasteiger partial charge in [0.2, 0.25) is 0 Å². The minimum atomic E-state index is 0.713. The Balaban J connectivity index is 1.74. The van der Waals surface area contributed by atoms with Gasteiger partial charge in [-0.25, -0.2) is 15.8 Å². The number of hydrogen-bond acceptors (Lipinski definition) is 5. The average molecular weight is 275 g/mol. The third kappa shape index (κ3) is 2.94. The highest BCUT2D eigenvalue weighted by Gasteiger charge is 2.33. The first-order valence-electron chi connectivity index (χ1n) is 7.81. The van der Waals surface area contributed by atoms with Crippen molar-refractivity contribution in [1.82, 2.24) is 14.9 Å². The van der Waals surface area contributed by atoms with E-state index in [4.69, 9.17) is 5.84 Å². The number of anilines is 1. The van der Waals surface area contributed by atoms with Crippen LogP contribution in [0, 0.1) is 12.8 Å². The van der Waals surface area contributed by atoms with Crippen LogP contribution in [-0.2, 0) is 6.54 Å². The Morgan fingerprint density at radius 2 is 2.05 bits per heavy atom. The molecule has 0 amide bonds. The lowest BCUT2D eigenvalue weighted by molar-refractivity contribution is 0.0526. The fraction of sp³-hybridized carbons (Fsp3) is 0.733. The Kier molecular flexibility index (Phi) is 4.17. The van der Waals surface area contributed by atoms with Crippen molar-refractivity contribution in [1.29, 1.82) is 0 Å². The summed E-state index contributed by atoms with van der Waals surface area (Å²) in [7, 11) is 0. The van der Waals surface area contributed by atoms with Gasteiger partial charge in [-0.05, 0) is 45.1 Å². The van der Waals surface area contributed by atoms with Gasteiger partial charge in [-0.15, -0.1) is 0 Å². The van der Waals surface area contributed by atoms with Crippen LogP contribution in [0.2, 0.25) is 0 Å². The standard InChI is InChI=1S/C15H25N5/c1-11-9-14(19-16)18-15(17-11)10-20-8-4-6-12-5-2-3-7-13(12)20/h9,12-13H,2-8,10,16H2,1H3,(H,17,18,19)/t12-,13-/m1/s1. The Bertz CT molecular complexity index is 460. The molecule has 0 unspecified atom stereocenters. The van der Waals surface area contributed by atoms with Gasteiger partial charge in [0, 0.05) is 17.8 Å². The van der Waals surface area contributed by atoms with Gasteiger partial charge in [0.05, 0.1) is 6.54 Å². The molecule has 3 N–H and O–H groups in total. The van der Waals surface area contributed by atoms with Gasteiger partial charge in [-0.1, -0.05) is 12.8 Å². The molecule has 110 valence electrons. The molecular weight excluding hydrogens is 250 g/mol. The topological polar surface area (TPSA) is 67.1 Å². The van der Waals surface area contributed by atoms with Crippen molar-refractivity contribution >= 4 is 5.82 Å². The van der Waals surface area contributed by atoms with Crippen LogP contribution in [0.5, 0.6) is 0 Å². The normalized spacial score (nSPS) is 27.1. The molecule has 1 saturated carbocycles. The maximum Gasteiger partial charge on any atom is 0.145 e. The van der Waals surface area contributed by atoms with Gasteiger partial charge in [-0.2, -0.15) is 0 Å². The zero-order valence-corrected chi connectivity index (χ0v) is 12.3. The number of rotatable bonds is 3. The first-order chi connectivity index (χ1) is 9.76. The van der Waals surface area contributed by atoms with Gasteiger partial charge in [0.1, 0.15) is 11.6 Å². The Labute approximate surface area is 120 Å². The lowest BCUT2D eigenvalue weighted by atomic mass is 9.78. The number of piperidine rings is 1. The van der Waals surface area contributed by atoms with Gasteiger partial charge in [-0.3, -0.25) is 4.90 Å². The maximum absolute atomic E-state index is 5.47. The SMILES string of the molecule is Cc1cc(NN)nc(CN2CCC[C@H]3CCCC[C@H]32)n1. The lowest BCUT2D eigenvalue weighted by Gasteiger charge is -2.43. The summed E-state index contributed by atoms with van der Waals surface area (Å²) < 4.78 is 0. The van der Waals surface area contributed by atoms with Crippen LogP contribution in [-0.4, -0.2) is 27.5 Å². The van der Waals surface area contributed by atoms with Crippen LogP contribution in [0.4, 0.5) is 5.82 Å². The summed E-state index contributed by atoms with van der Waals surface area (Å²) in [6.45, 7) is 4.03. The van der Waals surface area contributed by atoms with Crippen molar-refractivity contribution in [3.63, 3.8) is 0 Å². The number of hydrogen-bond donors (Lipinski definition) is 2. The predicted molar refractivity (Wildman–Crippen MR) is 80.0 cm³/mol. The van der Waals surface area contributed by atoms with E-state index in [2.05, 4.69) is 20.3 Å². The van der Waals surface area contributed by atoms with Crippen LogP contribution in [0.25, 0.3) is 0 Å². The second kappa shape index (κ2) is 6.06. The lowest BCUT2D eigenvalue weighted by Crippen LogP contribution is -2.46. The second-order valence-corrected chi connectivity index (χ2v) is 6.18. The summed E-state index contributed by atoms with van der Waals surface area (Å²) in [5.74, 6) is 7.98. The highest BCUT2D eigenvalue weighted by atomic mass is 15.3. The summed E-state index contributed by atoms with van der Waals surface area (Å²) >= 11 is 0. The molecule has 0 spiro atoms. The summed E-state index contributed by atoms with van der Waals surface area (Å²) in [5, 5.41) is 0. The van der Waals surface area contributed by atoms with Crippen molar-refractivity contribution in [2.75, 3.05) is 12.0 Å². The van der Waals surface area contributed by atoms with Gasteiger partial charge >= 0.3 is 0 Å². The molecule has 2 fully saturated rings. The van der Waals surface area contributed by atoms with Crippen LogP contribution < -0.4 is 11.3 Å². The van der Waals surface area contributed by atoms with Crippen molar-refractivity contribution < 1.29 is 0 Å². The molecule has 2 heterocycles. The van der Waals surface area contributed by atoms with Crippen molar-refractivity contribution in [3.05, 3.63) is 17.6 Å². The molecule has 1 aromatic heterocycles. The van der Waals surface area contributed by atoms with E-state index in [1.54, 1.807) is 0 Å². The second-order valence-electron chi connectivity index (χ2n) is 6.18. The third-order valence-corrected chi connectivity index (χ3v) is 4.75. The Hall–Kier alpha value is -1.20. The number of fused-ring (bicyclic) bond motifs is 1.